The van der Waals surface area contributed by atoms with Crippen LogP contribution in [0.1, 0.15) is 16.8 Å². The molecule has 0 aliphatic rings. The number of primary amides is 1. The minimum absolute atomic E-state index is 0.0456. The van der Waals surface area contributed by atoms with Crippen molar-refractivity contribution in [2.45, 2.75) is 12.5 Å². The Labute approximate surface area is 181 Å². The number of carbonyl (C=O) groups excluding carboxylic acids is 3. The van der Waals surface area contributed by atoms with Gasteiger partial charge in [-0.05, 0) is 36.4 Å². The van der Waals surface area contributed by atoms with Crippen LogP contribution in [0.4, 0.5) is 0 Å². The molecule has 0 aliphatic heterocycles. The van der Waals surface area contributed by atoms with Crippen LogP contribution in [0.3, 0.4) is 0 Å². The van der Waals surface area contributed by atoms with Gasteiger partial charge in [0.2, 0.25) is 11.8 Å². The summed E-state index contributed by atoms with van der Waals surface area (Å²) in [5.41, 5.74) is 5.74. The molecule has 0 radical (unpaired) electrons. The van der Waals surface area contributed by atoms with Crippen molar-refractivity contribution in [2.75, 3.05) is 0 Å². The molecule has 9 nitrogen and oxygen atoms in total. The van der Waals surface area contributed by atoms with Gasteiger partial charge in [-0.15, -0.1) is 0 Å². The molecule has 3 aromatic rings. The van der Waals surface area contributed by atoms with Gasteiger partial charge in [0.25, 0.3) is 11.5 Å². The van der Waals surface area contributed by atoms with E-state index in [0.29, 0.717) is 10.7 Å². The van der Waals surface area contributed by atoms with Crippen molar-refractivity contribution >= 4 is 29.4 Å². The van der Waals surface area contributed by atoms with Crippen molar-refractivity contribution in [3.05, 3.63) is 87.9 Å². The Balaban J connectivity index is 1.73. The highest BCUT2D eigenvalue weighted by Crippen LogP contribution is 2.13. The van der Waals surface area contributed by atoms with Crippen molar-refractivity contribution in [2.24, 2.45) is 5.73 Å². The van der Waals surface area contributed by atoms with Gasteiger partial charge in [0.05, 0.1) is 11.4 Å². The van der Waals surface area contributed by atoms with E-state index in [1.807, 2.05) is 0 Å². The zero-order valence-electron chi connectivity index (χ0n) is 16.0. The molecular formula is C21H17ClN4O5. The van der Waals surface area contributed by atoms with Gasteiger partial charge in [0.15, 0.2) is 0 Å². The molecule has 2 heterocycles. The van der Waals surface area contributed by atoms with Gasteiger partial charge in [-0.25, -0.2) is 9.78 Å². The number of hydrogen-bond acceptors (Lipinski definition) is 6. The van der Waals surface area contributed by atoms with Gasteiger partial charge in [0, 0.05) is 35.8 Å². The molecule has 2 amide bonds. The lowest BCUT2D eigenvalue weighted by Gasteiger charge is -2.16. The number of aromatic nitrogens is 2. The average Bonchev–Trinajstić information content (AvgIpc) is 2.75. The summed E-state index contributed by atoms with van der Waals surface area (Å²) in [6, 6.07) is 12.4. The number of nitrogens with zero attached hydrogens (tertiary/aromatic N) is 2. The number of hydrogen-bond donors (Lipinski definition) is 2. The number of nitrogens with one attached hydrogen (secondary N) is 1. The molecule has 0 saturated carbocycles. The van der Waals surface area contributed by atoms with E-state index in [9.17, 15) is 19.2 Å². The molecule has 0 aliphatic carbocycles. The maximum atomic E-state index is 12.6. The monoisotopic (exact) mass is 440 g/mol. The number of esters is 1. The molecular weight excluding hydrogens is 424 g/mol. The van der Waals surface area contributed by atoms with E-state index in [0.717, 1.165) is 0 Å². The fourth-order valence-electron chi connectivity index (χ4n) is 2.65. The molecule has 0 unspecified atom stereocenters. The van der Waals surface area contributed by atoms with Crippen molar-refractivity contribution in [1.82, 2.24) is 14.9 Å². The maximum Gasteiger partial charge on any atom is 0.335 e. The lowest BCUT2D eigenvalue weighted by Crippen LogP contribution is -2.45. The Morgan fingerprint density at radius 2 is 1.84 bits per heavy atom. The Hall–Kier alpha value is -3.98. The quantitative estimate of drug-likeness (QED) is 0.534. The minimum Gasteiger partial charge on any atom is -0.406 e. The largest absolute Gasteiger partial charge is 0.406 e. The molecule has 158 valence electrons. The summed E-state index contributed by atoms with van der Waals surface area (Å²) in [4.78, 5) is 52.1. The molecule has 10 heteroatoms. The number of amides is 2. The number of halogens is 1. The van der Waals surface area contributed by atoms with Gasteiger partial charge >= 0.3 is 5.97 Å². The van der Waals surface area contributed by atoms with Crippen molar-refractivity contribution in [3.63, 3.8) is 0 Å². The standard InChI is InChI=1S/C21H17ClN4O5/c22-14-6-9-18(24-12-14)31-21(30)16(11-17(23)27)25-20(29)13-4-7-15(8-5-13)26-10-2-1-3-19(26)28/h1-10,12,16H,11H2,(H2,23,27)(H,25,29)/t16-/m0/s1. The highest BCUT2D eigenvalue weighted by Gasteiger charge is 2.26. The molecule has 2 aromatic heterocycles. The van der Waals surface area contributed by atoms with E-state index in [-0.39, 0.29) is 17.0 Å². The second-order valence-electron chi connectivity index (χ2n) is 6.39. The summed E-state index contributed by atoms with van der Waals surface area (Å²) in [5.74, 6) is -2.38. The van der Waals surface area contributed by atoms with Crippen LogP contribution in [-0.4, -0.2) is 33.4 Å². The number of carbonyl (C=O) groups is 3. The van der Waals surface area contributed by atoms with Gasteiger partial charge in [-0.1, -0.05) is 17.7 Å². The highest BCUT2D eigenvalue weighted by atomic mass is 35.5. The first-order valence-electron chi connectivity index (χ1n) is 9.04. The molecule has 0 bridgehead atoms. The predicted molar refractivity (Wildman–Crippen MR) is 112 cm³/mol. The third-order valence-corrected chi connectivity index (χ3v) is 4.35. The summed E-state index contributed by atoms with van der Waals surface area (Å²) < 4.78 is 6.50. The Morgan fingerprint density at radius 1 is 1.10 bits per heavy atom. The van der Waals surface area contributed by atoms with Crippen molar-refractivity contribution in [1.29, 1.82) is 0 Å². The second kappa shape index (κ2) is 9.68. The van der Waals surface area contributed by atoms with E-state index in [2.05, 4.69) is 10.3 Å². The van der Waals surface area contributed by atoms with Crippen molar-refractivity contribution < 1.29 is 19.1 Å². The van der Waals surface area contributed by atoms with Crippen LogP contribution in [-0.2, 0) is 9.59 Å². The van der Waals surface area contributed by atoms with E-state index in [1.165, 1.54) is 41.1 Å². The lowest BCUT2D eigenvalue weighted by atomic mass is 10.1. The third kappa shape index (κ3) is 5.77. The zero-order chi connectivity index (χ0) is 22.4. The SMILES string of the molecule is NC(=O)C[C@H](NC(=O)c1ccc(-n2ccccc2=O)cc1)C(=O)Oc1ccc(Cl)cn1. The van der Waals surface area contributed by atoms with Crippen LogP contribution < -0.4 is 21.3 Å². The van der Waals surface area contributed by atoms with Crippen LogP contribution in [0.2, 0.25) is 5.02 Å². The van der Waals surface area contributed by atoms with Crippen molar-refractivity contribution in [3.8, 4) is 11.6 Å². The average molecular weight is 441 g/mol. The first-order chi connectivity index (χ1) is 14.8. The topological polar surface area (TPSA) is 133 Å². The number of rotatable bonds is 7. The molecule has 3 N–H and O–H groups in total. The summed E-state index contributed by atoms with van der Waals surface area (Å²) in [5, 5.41) is 2.78. The molecule has 1 aromatic carbocycles. The van der Waals surface area contributed by atoms with Gasteiger partial charge in [0.1, 0.15) is 6.04 Å². The summed E-state index contributed by atoms with van der Waals surface area (Å²) in [7, 11) is 0. The molecule has 0 spiro atoms. The van der Waals surface area contributed by atoms with Gasteiger partial charge in [-0.2, -0.15) is 0 Å². The third-order valence-electron chi connectivity index (χ3n) is 4.13. The first kappa shape index (κ1) is 21.7. The van der Waals surface area contributed by atoms with E-state index in [4.69, 9.17) is 22.1 Å². The minimum atomic E-state index is -1.32. The Morgan fingerprint density at radius 3 is 2.45 bits per heavy atom. The van der Waals surface area contributed by atoms with Crippen LogP contribution in [0, 0.1) is 0 Å². The maximum absolute atomic E-state index is 12.6. The van der Waals surface area contributed by atoms with Crippen LogP contribution >= 0.6 is 11.6 Å². The van der Waals surface area contributed by atoms with Gasteiger partial charge < -0.3 is 15.8 Å². The molecule has 3 rings (SSSR count). The number of ether oxygens (including phenoxy) is 1. The first-order valence-corrected chi connectivity index (χ1v) is 9.42. The summed E-state index contributed by atoms with van der Waals surface area (Å²) >= 11 is 5.74. The number of benzene rings is 1. The summed E-state index contributed by atoms with van der Waals surface area (Å²) in [6.45, 7) is 0. The second-order valence-corrected chi connectivity index (χ2v) is 6.82. The van der Waals surface area contributed by atoms with Crippen LogP contribution in [0.15, 0.2) is 71.8 Å². The summed E-state index contributed by atoms with van der Waals surface area (Å²) in [6.07, 6.45) is 2.42. The van der Waals surface area contributed by atoms with Gasteiger partial charge in [-0.3, -0.25) is 19.0 Å². The molecule has 0 saturated heterocycles. The van der Waals surface area contributed by atoms with Crippen LogP contribution in [0.5, 0.6) is 5.88 Å². The van der Waals surface area contributed by atoms with E-state index in [1.54, 1.807) is 30.5 Å². The van der Waals surface area contributed by atoms with E-state index >= 15 is 0 Å². The van der Waals surface area contributed by atoms with Crippen LogP contribution in [0.25, 0.3) is 5.69 Å². The Kier molecular flexibility index (Phi) is 6.78. The highest BCUT2D eigenvalue weighted by molar-refractivity contribution is 6.30. The number of nitrogens with two attached hydrogens (primary N) is 1. The van der Waals surface area contributed by atoms with E-state index < -0.39 is 30.2 Å². The molecule has 1 atom stereocenters. The fourth-order valence-corrected chi connectivity index (χ4v) is 2.76. The lowest BCUT2D eigenvalue weighted by molar-refractivity contribution is -0.138. The number of pyridine rings is 2. The fraction of sp³-hybridized carbons (Fsp3) is 0.0952. The molecule has 0 fully saturated rings. The molecule has 31 heavy (non-hydrogen) atoms. The normalized spacial score (nSPS) is 11.4. The zero-order valence-corrected chi connectivity index (χ0v) is 16.8. The Bertz CT molecular complexity index is 1160. The smallest absolute Gasteiger partial charge is 0.335 e. The predicted octanol–water partition coefficient (Wildman–Crippen LogP) is 1.47.